The number of aliphatic hydroxyl groups is 1. The van der Waals surface area contributed by atoms with Gasteiger partial charge in [0.25, 0.3) is 0 Å². The average Bonchev–Trinajstić information content (AvgIpc) is 2.82. The van der Waals surface area contributed by atoms with Crippen molar-refractivity contribution >= 4 is 12.0 Å². The molecule has 1 aliphatic heterocycles. The van der Waals surface area contributed by atoms with Gasteiger partial charge in [-0.2, -0.15) is 0 Å². The lowest BCUT2D eigenvalue weighted by Crippen LogP contribution is -2.56. The van der Waals surface area contributed by atoms with Gasteiger partial charge in [0.05, 0.1) is 18.8 Å². The lowest BCUT2D eigenvalue weighted by Gasteiger charge is -2.52. The van der Waals surface area contributed by atoms with Crippen molar-refractivity contribution in [2.45, 2.75) is 63.5 Å². The molecule has 2 aromatic carbocycles. The molecular formula is C28H35NO4. The molecule has 1 saturated carbocycles. The number of amides is 1. The van der Waals surface area contributed by atoms with E-state index in [-0.39, 0.29) is 23.6 Å². The predicted molar refractivity (Wildman–Crippen MR) is 130 cm³/mol. The molecule has 33 heavy (non-hydrogen) atoms. The summed E-state index contributed by atoms with van der Waals surface area (Å²) in [4.78, 5) is 15.3. The number of phenols is 1. The SMILES string of the molecule is COc1cc([C@H]2[C@@H]3CCCC[C@]3(O)CCN2C(=O)/C=C/c2ccc(C(C)C)cc2)ccc1O. The van der Waals surface area contributed by atoms with Crippen LogP contribution in [0.15, 0.2) is 48.5 Å². The van der Waals surface area contributed by atoms with Crippen LogP contribution >= 0.6 is 0 Å². The molecule has 0 spiro atoms. The van der Waals surface area contributed by atoms with Crippen LogP contribution in [0.4, 0.5) is 0 Å². The molecule has 1 aliphatic carbocycles. The topological polar surface area (TPSA) is 70.0 Å². The minimum Gasteiger partial charge on any atom is -0.504 e. The van der Waals surface area contributed by atoms with Gasteiger partial charge in [-0.15, -0.1) is 0 Å². The van der Waals surface area contributed by atoms with Gasteiger partial charge in [0.2, 0.25) is 5.91 Å². The van der Waals surface area contributed by atoms with Crippen LogP contribution in [-0.4, -0.2) is 40.3 Å². The van der Waals surface area contributed by atoms with Crippen molar-refractivity contribution in [1.29, 1.82) is 0 Å². The van der Waals surface area contributed by atoms with Gasteiger partial charge in [-0.25, -0.2) is 0 Å². The van der Waals surface area contributed by atoms with E-state index < -0.39 is 5.60 Å². The van der Waals surface area contributed by atoms with Crippen molar-refractivity contribution in [3.63, 3.8) is 0 Å². The number of likely N-dealkylation sites (tertiary alicyclic amines) is 1. The molecule has 5 heteroatoms. The number of phenolic OH excluding ortho intramolecular Hbond substituents is 1. The molecule has 0 unspecified atom stereocenters. The summed E-state index contributed by atoms with van der Waals surface area (Å²) in [7, 11) is 1.52. The fraction of sp³-hybridized carbons (Fsp3) is 0.464. The number of aromatic hydroxyl groups is 1. The number of hydrogen-bond acceptors (Lipinski definition) is 4. The summed E-state index contributed by atoms with van der Waals surface area (Å²) in [5.74, 6) is 0.809. The number of nitrogens with zero attached hydrogens (tertiary/aromatic N) is 1. The summed E-state index contributed by atoms with van der Waals surface area (Å²) < 4.78 is 5.34. The molecule has 0 bridgehead atoms. The average molecular weight is 450 g/mol. The van der Waals surface area contributed by atoms with Crippen LogP contribution in [-0.2, 0) is 4.79 Å². The molecular weight excluding hydrogens is 414 g/mol. The molecule has 0 radical (unpaired) electrons. The third-order valence-corrected chi connectivity index (χ3v) is 7.42. The van der Waals surface area contributed by atoms with Crippen LogP contribution in [0.1, 0.15) is 74.6 Å². The summed E-state index contributed by atoms with van der Waals surface area (Å²) in [6.45, 7) is 4.82. The second kappa shape index (κ2) is 9.60. The molecule has 5 nitrogen and oxygen atoms in total. The van der Waals surface area contributed by atoms with E-state index in [9.17, 15) is 15.0 Å². The van der Waals surface area contributed by atoms with Crippen molar-refractivity contribution in [1.82, 2.24) is 4.90 Å². The first-order valence-corrected chi connectivity index (χ1v) is 12.0. The highest BCUT2D eigenvalue weighted by atomic mass is 16.5. The van der Waals surface area contributed by atoms with Gasteiger partial charge in [0.15, 0.2) is 11.5 Å². The summed E-state index contributed by atoms with van der Waals surface area (Å²) >= 11 is 0. The lowest BCUT2D eigenvalue weighted by atomic mass is 9.66. The molecule has 0 aromatic heterocycles. The Kier molecular flexibility index (Phi) is 6.80. The Morgan fingerprint density at radius 1 is 1.15 bits per heavy atom. The fourth-order valence-electron chi connectivity index (χ4n) is 5.47. The maximum Gasteiger partial charge on any atom is 0.247 e. The minimum atomic E-state index is -0.763. The number of fused-ring (bicyclic) bond motifs is 1. The van der Waals surface area contributed by atoms with E-state index in [0.717, 1.165) is 36.8 Å². The molecule has 2 aliphatic rings. The van der Waals surface area contributed by atoms with Crippen LogP contribution in [0.2, 0.25) is 0 Å². The van der Waals surface area contributed by atoms with Crippen molar-refractivity contribution < 1.29 is 19.7 Å². The first kappa shape index (κ1) is 23.4. The number of carbonyl (C=O) groups is 1. The maximum absolute atomic E-state index is 13.4. The summed E-state index contributed by atoms with van der Waals surface area (Å²) in [5.41, 5.74) is 2.38. The molecule has 1 heterocycles. The number of hydrogen-bond donors (Lipinski definition) is 2. The Hall–Kier alpha value is -2.79. The summed E-state index contributed by atoms with van der Waals surface area (Å²) in [6, 6.07) is 13.3. The van der Waals surface area contributed by atoms with E-state index in [1.54, 1.807) is 18.2 Å². The van der Waals surface area contributed by atoms with Crippen LogP contribution in [0.5, 0.6) is 11.5 Å². The number of carbonyl (C=O) groups excluding carboxylic acids is 1. The van der Waals surface area contributed by atoms with Crippen molar-refractivity contribution in [3.05, 3.63) is 65.2 Å². The first-order chi connectivity index (χ1) is 15.8. The second-order valence-corrected chi connectivity index (χ2v) is 9.77. The second-order valence-electron chi connectivity index (χ2n) is 9.77. The zero-order valence-electron chi connectivity index (χ0n) is 19.8. The van der Waals surface area contributed by atoms with E-state index in [1.165, 1.54) is 12.7 Å². The van der Waals surface area contributed by atoms with E-state index >= 15 is 0 Å². The molecule has 4 rings (SSSR count). The molecule has 1 amide bonds. The zero-order chi connectivity index (χ0) is 23.6. The Balaban J connectivity index is 1.64. The van der Waals surface area contributed by atoms with Gasteiger partial charge >= 0.3 is 0 Å². The number of methoxy groups -OCH3 is 1. The highest BCUT2D eigenvalue weighted by Gasteiger charge is 2.50. The van der Waals surface area contributed by atoms with Gasteiger partial charge < -0.3 is 19.8 Å². The van der Waals surface area contributed by atoms with E-state index in [0.29, 0.717) is 24.6 Å². The maximum atomic E-state index is 13.4. The smallest absolute Gasteiger partial charge is 0.247 e. The van der Waals surface area contributed by atoms with Crippen molar-refractivity contribution in [2.24, 2.45) is 5.92 Å². The van der Waals surface area contributed by atoms with Gasteiger partial charge in [-0.1, -0.05) is 57.0 Å². The number of benzene rings is 2. The number of ether oxygens (including phenoxy) is 1. The minimum absolute atomic E-state index is 0.0445. The van der Waals surface area contributed by atoms with E-state index in [1.807, 2.05) is 29.2 Å². The van der Waals surface area contributed by atoms with Crippen LogP contribution in [0.3, 0.4) is 0 Å². The van der Waals surface area contributed by atoms with E-state index in [4.69, 9.17) is 4.74 Å². The first-order valence-electron chi connectivity index (χ1n) is 12.0. The highest BCUT2D eigenvalue weighted by Crippen LogP contribution is 2.50. The quantitative estimate of drug-likeness (QED) is 0.597. The third-order valence-electron chi connectivity index (χ3n) is 7.42. The largest absolute Gasteiger partial charge is 0.504 e. The molecule has 1 saturated heterocycles. The molecule has 176 valence electrons. The summed E-state index contributed by atoms with van der Waals surface area (Å²) in [6.07, 6.45) is 7.78. The Bertz CT molecular complexity index is 1010. The highest BCUT2D eigenvalue weighted by molar-refractivity contribution is 5.92. The predicted octanol–water partition coefficient (Wildman–Crippen LogP) is 5.43. The van der Waals surface area contributed by atoms with Gasteiger partial charge in [0, 0.05) is 18.5 Å². The Morgan fingerprint density at radius 3 is 2.61 bits per heavy atom. The standard InChI is InChI=1S/C28H35NO4/c1-19(2)21-10-7-20(8-11-21)9-14-26(31)29-17-16-28(32)15-5-4-6-23(28)27(29)22-12-13-24(30)25(18-22)33-3/h7-14,18-19,23,27,30,32H,4-6,15-17H2,1-3H3/b14-9+/t23-,27-,28-/m0/s1. The monoisotopic (exact) mass is 449 g/mol. The molecule has 2 fully saturated rings. The Labute approximate surface area is 196 Å². The van der Waals surface area contributed by atoms with Crippen molar-refractivity contribution in [2.75, 3.05) is 13.7 Å². The van der Waals surface area contributed by atoms with Crippen molar-refractivity contribution in [3.8, 4) is 11.5 Å². The Morgan fingerprint density at radius 2 is 1.91 bits per heavy atom. The van der Waals surface area contributed by atoms with Gasteiger partial charge in [0.1, 0.15) is 0 Å². The van der Waals surface area contributed by atoms with E-state index in [2.05, 4.69) is 26.0 Å². The van der Waals surface area contributed by atoms with Gasteiger partial charge in [-0.05, 0) is 60.1 Å². The van der Waals surface area contributed by atoms with Crippen LogP contribution in [0.25, 0.3) is 6.08 Å². The number of rotatable bonds is 5. The van der Waals surface area contributed by atoms with Crippen LogP contribution in [0, 0.1) is 5.92 Å². The molecule has 2 aromatic rings. The zero-order valence-corrected chi connectivity index (χ0v) is 19.8. The van der Waals surface area contributed by atoms with Crippen LogP contribution < -0.4 is 4.74 Å². The summed E-state index contributed by atoms with van der Waals surface area (Å²) in [5, 5.41) is 21.5. The normalized spacial score (nSPS) is 25.3. The molecule has 2 N–H and O–H groups in total. The lowest BCUT2D eigenvalue weighted by molar-refractivity contribution is -0.150. The number of piperidine rings is 1. The third kappa shape index (κ3) is 4.79. The van der Waals surface area contributed by atoms with Gasteiger partial charge in [-0.3, -0.25) is 4.79 Å². The fourth-order valence-corrected chi connectivity index (χ4v) is 5.47. The molecule has 3 atom stereocenters.